The lowest BCUT2D eigenvalue weighted by Gasteiger charge is -2.34. The van der Waals surface area contributed by atoms with Gasteiger partial charge in [0.1, 0.15) is 6.04 Å². The molecule has 2 aromatic rings. The first-order valence-electron chi connectivity index (χ1n) is 10.8. The van der Waals surface area contributed by atoms with Crippen LogP contribution in [-0.4, -0.2) is 81.9 Å². The van der Waals surface area contributed by atoms with Gasteiger partial charge in [-0.25, -0.2) is 8.42 Å². The molecule has 2 aliphatic rings. The number of hydrogen-bond acceptors (Lipinski definition) is 6. The van der Waals surface area contributed by atoms with Gasteiger partial charge in [-0.05, 0) is 36.9 Å². The van der Waals surface area contributed by atoms with Crippen LogP contribution in [0.3, 0.4) is 0 Å². The van der Waals surface area contributed by atoms with Gasteiger partial charge >= 0.3 is 0 Å². The van der Waals surface area contributed by atoms with E-state index in [1.54, 1.807) is 0 Å². The van der Waals surface area contributed by atoms with Crippen LogP contribution in [0.15, 0.2) is 54.6 Å². The summed E-state index contributed by atoms with van der Waals surface area (Å²) in [5.41, 5.74) is 2.77. The maximum atomic E-state index is 13.3. The summed E-state index contributed by atoms with van der Waals surface area (Å²) in [6.07, 6.45) is 0. The zero-order valence-corrected chi connectivity index (χ0v) is 18.7. The highest BCUT2D eigenvalue weighted by Gasteiger charge is 2.32. The second kappa shape index (κ2) is 9.38. The molecular formula is C23H30N4O3S. The molecule has 1 unspecified atom stereocenters. The van der Waals surface area contributed by atoms with Crippen LogP contribution in [0.1, 0.15) is 11.6 Å². The molecule has 0 saturated carbocycles. The average molecular weight is 443 g/mol. The summed E-state index contributed by atoms with van der Waals surface area (Å²) in [4.78, 5) is 19.9. The van der Waals surface area contributed by atoms with E-state index in [0.717, 1.165) is 43.1 Å². The van der Waals surface area contributed by atoms with Gasteiger partial charge in [0.15, 0.2) is 9.84 Å². The van der Waals surface area contributed by atoms with Gasteiger partial charge in [0.05, 0.1) is 11.5 Å². The van der Waals surface area contributed by atoms with Crippen LogP contribution in [0.5, 0.6) is 0 Å². The molecule has 31 heavy (non-hydrogen) atoms. The standard InChI is InChI=1S/C23H30N4O3S/c1-25-11-13-26(14-12-25)21-9-7-20(8-10-21)24-23(28)22(19-5-3-2-4-6-19)27-15-17-31(29,30)18-16-27/h2-10,22H,11-18H2,1H3,(H,24,28). The van der Waals surface area contributed by atoms with Gasteiger partial charge < -0.3 is 15.1 Å². The van der Waals surface area contributed by atoms with Gasteiger partial charge in [-0.1, -0.05) is 30.3 Å². The molecular weight excluding hydrogens is 412 g/mol. The van der Waals surface area contributed by atoms with Crippen molar-refractivity contribution in [2.24, 2.45) is 0 Å². The third-order valence-electron chi connectivity index (χ3n) is 6.11. The Morgan fingerprint density at radius 3 is 2.10 bits per heavy atom. The Bertz CT molecular complexity index is 973. The first kappa shape index (κ1) is 21.8. The van der Waals surface area contributed by atoms with Crippen LogP contribution in [0, 0.1) is 0 Å². The molecule has 1 atom stereocenters. The summed E-state index contributed by atoms with van der Waals surface area (Å²) in [6, 6.07) is 17.0. The lowest BCUT2D eigenvalue weighted by Crippen LogP contribution is -2.46. The topological polar surface area (TPSA) is 73.0 Å². The van der Waals surface area contributed by atoms with Gasteiger partial charge in [0, 0.05) is 50.6 Å². The highest BCUT2D eigenvalue weighted by Crippen LogP contribution is 2.26. The van der Waals surface area contributed by atoms with Crippen molar-refractivity contribution >= 4 is 27.1 Å². The number of carbonyl (C=O) groups excluding carboxylic acids is 1. The van der Waals surface area contributed by atoms with E-state index in [-0.39, 0.29) is 17.4 Å². The first-order chi connectivity index (χ1) is 14.9. The fourth-order valence-electron chi connectivity index (χ4n) is 4.18. The molecule has 8 heteroatoms. The average Bonchev–Trinajstić information content (AvgIpc) is 2.77. The largest absolute Gasteiger partial charge is 0.369 e. The normalized spacial score (nSPS) is 20.9. The zero-order chi connectivity index (χ0) is 21.8. The van der Waals surface area contributed by atoms with Crippen LogP contribution in [-0.2, 0) is 14.6 Å². The number of benzene rings is 2. The second-order valence-corrected chi connectivity index (χ2v) is 10.6. The number of likely N-dealkylation sites (N-methyl/N-ethyl adjacent to an activating group) is 1. The molecule has 1 N–H and O–H groups in total. The summed E-state index contributed by atoms with van der Waals surface area (Å²) in [5, 5.41) is 3.04. The quantitative estimate of drug-likeness (QED) is 0.762. The second-order valence-electron chi connectivity index (χ2n) is 8.33. The van der Waals surface area contributed by atoms with Crippen LogP contribution in [0.2, 0.25) is 0 Å². The number of rotatable bonds is 5. The van der Waals surface area contributed by atoms with E-state index in [9.17, 15) is 13.2 Å². The summed E-state index contributed by atoms with van der Waals surface area (Å²) < 4.78 is 23.7. The van der Waals surface area contributed by atoms with Crippen molar-refractivity contribution in [3.8, 4) is 0 Å². The molecule has 1 amide bonds. The minimum Gasteiger partial charge on any atom is -0.369 e. The highest BCUT2D eigenvalue weighted by molar-refractivity contribution is 7.91. The first-order valence-corrected chi connectivity index (χ1v) is 12.6. The number of anilines is 2. The SMILES string of the molecule is CN1CCN(c2ccc(NC(=O)C(c3ccccc3)N3CCS(=O)(=O)CC3)cc2)CC1. The number of piperazine rings is 1. The number of sulfone groups is 1. The van der Waals surface area contributed by atoms with E-state index in [1.165, 1.54) is 0 Å². The molecule has 0 radical (unpaired) electrons. The molecule has 2 fully saturated rings. The minimum absolute atomic E-state index is 0.0866. The lowest BCUT2D eigenvalue weighted by molar-refractivity contribution is -0.121. The molecule has 4 rings (SSSR count). The molecule has 7 nitrogen and oxygen atoms in total. The molecule has 0 bridgehead atoms. The van der Waals surface area contributed by atoms with E-state index in [4.69, 9.17) is 0 Å². The van der Waals surface area contributed by atoms with Crippen molar-refractivity contribution in [2.45, 2.75) is 6.04 Å². The van der Waals surface area contributed by atoms with Crippen LogP contribution >= 0.6 is 0 Å². The van der Waals surface area contributed by atoms with E-state index in [1.807, 2.05) is 59.5 Å². The zero-order valence-electron chi connectivity index (χ0n) is 17.9. The number of hydrogen-bond donors (Lipinski definition) is 1. The summed E-state index contributed by atoms with van der Waals surface area (Å²) >= 11 is 0. The molecule has 0 aromatic heterocycles. The summed E-state index contributed by atoms with van der Waals surface area (Å²) in [7, 11) is -0.880. The smallest absolute Gasteiger partial charge is 0.246 e. The van der Waals surface area contributed by atoms with Gasteiger partial charge in [-0.3, -0.25) is 9.69 Å². The third kappa shape index (κ3) is 5.44. The monoisotopic (exact) mass is 442 g/mol. The number of nitrogens with zero attached hydrogens (tertiary/aromatic N) is 3. The fourth-order valence-corrected chi connectivity index (χ4v) is 5.41. The molecule has 0 aliphatic carbocycles. The Kier molecular flexibility index (Phi) is 6.60. The molecule has 2 aliphatic heterocycles. The van der Waals surface area contributed by atoms with Gasteiger partial charge in [-0.15, -0.1) is 0 Å². The van der Waals surface area contributed by atoms with E-state index in [2.05, 4.69) is 22.2 Å². The molecule has 166 valence electrons. The number of carbonyl (C=O) groups is 1. The summed E-state index contributed by atoms with van der Waals surface area (Å²) in [6.45, 7) is 4.80. The van der Waals surface area contributed by atoms with Crippen molar-refractivity contribution in [1.29, 1.82) is 0 Å². The lowest BCUT2D eigenvalue weighted by atomic mass is 10.0. The predicted molar refractivity (Wildman–Crippen MR) is 124 cm³/mol. The van der Waals surface area contributed by atoms with E-state index in [0.29, 0.717) is 13.1 Å². The highest BCUT2D eigenvalue weighted by atomic mass is 32.2. The molecule has 2 aromatic carbocycles. The number of nitrogens with one attached hydrogen (secondary N) is 1. The van der Waals surface area contributed by atoms with Crippen molar-refractivity contribution < 1.29 is 13.2 Å². The third-order valence-corrected chi connectivity index (χ3v) is 7.72. The van der Waals surface area contributed by atoms with Gasteiger partial charge in [0.25, 0.3) is 0 Å². The van der Waals surface area contributed by atoms with Crippen LogP contribution in [0.25, 0.3) is 0 Å². The Balaban J connectivity index is 1.47. The fraction of sp³-hybridized carbons (Fsp3) is 0.435. The Hall–Kier alpha value is -2.42. The van der Waals surface area contributed by atoms with Gasteiger partial charge in [0.2, 0.25) is 5.91 Å². The van der Waals surface area contributed by atoms with Crippen molar-refractivity contribution in [3.05, 3.63) is 60.2 Å². The minimum atomic E-state index is -3.02. The number of amides is 1. The molecule has 2 heterocycles. The Labute approximate surface area is 184 Å². The van der Waals surface area contributed by atoms with E-state index >= 15 is 0 Å². The van der Waals surface area contributed by atoms with E-state index < -0.39 is 15.9 Å². The van der Waals surface area contributed by atoms with Crippen molar-refractivity contribution in [1.82, 2.24) is 9.80 Å². The Morgan fingerprint density at radius 1 is 0.871 bits per heavy atom. The Morgan fingerprint density at radius 2 is 1.48 bits per heavy atom. The molecule has 0 spiro atoms. The predicted octanol–water partition coefficient (Wildman–Crippen LogP) is 1.85. The van der Waals surface area contributed by atoms with Crippen LogP contribution in [0.4, 0.5) is 11.4 Å². The van der Waals surface area contributed by atoms with Crippen molar-refractivity contribution in [3.63, 3.8) is 0 Å². The molecule has 2 saturated heterocycles. The summed E-state index contributed by atoms with van der Waals surface area (Å²) in [5.74, 6) is 0.0324. The maximum absolute atomic E-state index is 13.3. The maximum Gasteiger partial charge on any atom is 0.246 e. The van der Waals surface area contributed by atoms with Crippen molar-refractivity contribution in [2.75, 3.05) is 68.0 Å². The van der Waals surface area contributed by atoms with Gasteiger partial charge in [-0.2, -0.15) is 0 Å². The van der Waals surface area contributed by atoms with Crippen LogP contribution < -0.4 is 10.2 Å².